The first-order valence-corrected chi connectivity index (χ1v) is 6.21. The lowest BCUT2D eigenvalue weighted by molar-refractivity contribution is -0.135. The highest BCUT2D eigenvalue weighted by molar-refractivity contribution is 5.78. The van der Waals surface area contributed by atoms with Crippen molar-refractivity contribution in [2.24, 2.45) is 11.7 Å². The molecule has 2 N–H and O–H groups in total. The van der Waals surface area contributed by atoms with Crippen molar-refractivity contribution in [3.05, 3.63) is 35.9 Å². The summed E-state index contributed by atoms with van der Waals surface area (Å²) >= 11 is 0. The zero-order chi connectivity index (χ0) is 12.7. The van der Waals surface area contributed by atoms with Crippen LogP contribution in [-0.4, -0.2) is 23.9 Å². The second-order valence-electron chi connectivity index (χ2n) is 4.32. The number of hydrogen-bond acceptors (Lipinski definition) is 2. The summed E-state index contributed by atoms with van der Waals surface area (Å²) < 4.78 is 0. The average Bonchev–Trinajstić information content (AvgIpc) is 2.36. The van der Waals surface area contributed by atoms with E-state index in [0.717, 1.165) is 13.0 Å². The van der Waals surface area contributed by atoms with Crippen molar-refractivity contribution in [3.8, 4) is 0 Å². The fourth-order valence-electron chi connectivity index (χ4n) is 1.83. The molecule has 0 heterocycles. The van der Waals surface area contributed by atoms with Gasteiger partial charge in [0, 0.05) is 19.0 Å². The summed E-state index contributed by atoms with van der Waals surface area (Å²) in [6.45, 7) is 5.95. The number of nitrogens with zero attached hydrogens (tertiary/aromatic N) is 1. The Morgan fingerprint density at radius 3 is 2.53 bits per heavy atom. The van der Waals surface area contributed by atoms with Crippen LogP contribution in [0.3, 0.4) is 0 Å². The predicted molar refractivity (Wildman–Crippen MR) is 70.4 cm³/mol. The minimum Gasteiger partial charge on any atom is -0.338 e. The van der Waals surface area contributed by atoms with Crippen molar-refractivity contribution >= 4 is 5.91 Å². The van der Waals surface area contributed by atoms with Crippen molar-refractivity contribution in [2.75, 3.05) is 13.1 Å². The van der Waals surface area contributed by atoms with Gasteiger partial charge in [-0.25, -0.2) is 0 Å². The molecule has 1 atom stereocenters. The average molecular weight is 234 g/mol. The quantitative estimate of drug-likeness (QED) is 0.818. The van der Waals surface area contributed by atoms with Gasteiger partial charge in [0.15, 0.2) is 0 Å². The molecule has 0 aromatic heterocycles. The fraction of sp³-hybridized carbons (Fsp3) is 0.500. The van der Waals surface area contributed by atoms with Crippen LogP contribution in [0, 0.1) is 5.92 Å². The molecule has 0 radical (unpaired) electrons. The van der Waals surface area contributed by atoms with Gasteiger partial charge in [0.2, 0.25) is 5.91 Å². The summed E-state index contributed by atoms with van der Waals surface area (Å²) in [4.78, 5) is 14.0. The zero-order valence-electron chi connectivity index (χ0n) is 10.7. The molecule has 3 heteroatoms. The summed E-state index contributed by atoms with van der Waals surface area (Å²) in [5.41, 5.74) is 6.66. The first-order valence-electron chi connectivity index (χ1n) is 6.21. The maximum absolute atomic E-state index is 12.1. The SMILES string of the molecule is CCN(Cc1ccccc1)C(=O)C(C)CCN. The number of hydrogen-bond donors (Lipinski definition) is 1. The highest BCUT2D eigenvalue weighted by Gasteiger charge is 2.18. The van der Waals surface area contributed by atoms with Gasteiger partial charge in [-0.15, -0.1) is 0 Å². The van der Waals surface area contributed by atoms with Gasteiger partial charge in [0.1, 0.15) is 0 Å². The largest absolute Gasteiger partial charge is 0.338 e. The molecule has 0 aliphatic rings. The Hall–Kier alpha value is -1.35. The molecule has 0 bridgehead atoms. The molecule has 1 aromatic rings. The van der Waals surface area contributed by atoms with Crippen molar-refractivity contribution in [3.63, 3.8) is 0 Å². The van der Waals surface area contributed by atoms with Gasteiger partial charge in [0.25, 0.3) is 0 Å². The smallest absolute Gasteiger partial charge is 0.225 e. The zero-order valence-corrected chi connectivity index (χ0v) is 10.7. The standard InChI is InChI=1S/C14H22N2O/c1-3-16(14(17)12(2)9-10-15)11-13-7-5-4-6-8-13/h4-8,12H,3,9-11,15H2,1-2H3. The Morgan fingerprint density at radius 2 is 2.00 bits per heavy atom. The monoisotopic (exact) mass is 234 g/mol. The van der Waals surface area contributed by atoms with Gasteiger partial charge in [-0.1, -0.05) is 37.3 Å². The number of benzene rings is 1. The molecule has 0 saturated heterocycles. The van der Waals surface area contributed by atoms with Crippen LogP contribution in [0.4, 0.5) is 0 Å². The van der Waals surface area contributed by atoms with Crippen LogP contribution in [0.2, 0.25) is 0 Å². The van der Waals surface area contributed by atoms with E-state index in [-0.39, 0.29) is 11.8 Å². The van der Waals surface area contributed by atoms with E-state index < -0.39 is 0 Å². The van der Waals surface area contributed by atoms with Gasteiger partial charge in [-0.2, -0.15) is 0 Å². The third-order valence-corrected chi connectivity index (χ3v) is 2.93. The minimum atomic E-state index is 0.0173. The molecule has 0 aliphatic heterocycles. The van der Waals surface area contributed by atoms with Crippen molar-refractivity contribution in [1.82, 2.24) is 4.90 Å². The molecule has 0 aliphatic carbocycles. The predicted octanol–water partition coefficient (Wildman–Crippen LogP) is 2.02. The van der Waals surface area contributed by atoms with Crippen LogP contribution >= 0.6 is 0 Å². The lowest BCUT2D eigenvalue weighted by atomic mass is 10.1. The Balaban J connectivity index is 2.62. The van der Waals surface area contributed by atoms with Crippen LogP contribution in [0.1, 0.15) is 25.8 Å². The Bertz CT molecular complexity index is 337. The number of carbonyl (C=O) groups is 1. The molecule has 3 nitrogen and oxygen atoms in total. The summed E-state index contributed by atoms with van der Waals surface area (Å²) in [5.74, 6) is 0.213. The highest BCUT2D eigenvalue weighted by atomic mass is 16.2. The first-order chi connectivity index (χ1) is 8.19. The van der Waals surface area contributed by atoms with Crippen molar-refractivity contribution < 1.29 is 4.79 Å². The number of rotatable bonds is 6. The van der Waals surface area contributed by atoms with E-state index in [1.165, 1.54) is 5.56 Å². The van der Waals surface area contributed by atoms with E-state index in [9.17, 15) is 4.79 Å². The van der Waals surface area contributed by atoms with Gasteiger partial charge in [-0.05, 0) is 25.5 Å². The van der Waals surface area contributed by atoms with E-state index in [0.29, 0.717) is 13.1 Å². The second kappa shape index (κ2) is 7.07. The second-order valence-corrected chi connectivity index (χ2v) is 4.32. The lowest BCUT2D eigenvalue weighted by Crippen LogP contribution is -2.35. The summed E-state index contributed by atoms with van der Waals surface area (Å²) in [6.07, 6.45) is 0.754. The number of nitrogens with two attached hydrogens (primary N) is 1. The molecule has 1 unspecified atom stereocenters. The molecule has 0 saturated carbocycles. The topological polar surface area (TPSA) is 46.3 Å². The maximum Gasteiger partial charge on any atom is 0.225 e. The van der Waals surface area contributed by atoms with Gasteiger partial charge >= 0.3 is 0 Å². The molecule has 1 amide bonds. The van der Waals surface area contributed by atoms with E-state index in [2.05, 4.69) is 0 Å². The van der Waals surface area contributed by atoms with E-state index in [1.54, 1.807) is 0 Å². The molecule has 17 heavy (non-hydrogen) atoms. The third-order valence-electron chi connectivity index (χ3n) is 2.93. The molecule has 1 aromatic carbocycles. The molecule has 1 rings (SSSR count). The van der Waals surface area contributed by atoms with Crippen molar-refractivity contribution in [1.29, 1.82) is 0 Å². The van der Waals surface area contributed by atoms with Crippen LogP contribution in [-0.2, 0) is 11.3 Å². The molecule has 94 valence electrons. The fourth-order valence-corrected chi connectivity index (χ4v) is 1.83. The Kier molecular flexibility index (Phi) is 5.70. The first kappa shape index (κ1) is 13.7. The van der Waals surface area contributed by atoms with Crippen LogP contribution in [0.25, 0.3) is 0 Å². The lowest BCUT2D eigenvalue weighted by Gasteiger charge is -2.24. The van der Waals surface area contributed by atoms with E-state index in [1.807, 2.05) is 49.1 Å². The molecular formula is C14H22N2O. The van der Waals surface area contributed by atoms with Crippen LogP contribution in [0.5, 0.6) is 0 Å². The summed E-state index contributed by atoms with van der Waals surface area (Å²) in [7, 11) is 0. The summed E-state index contributed by atoms with van der Waals surface area (Å²) in [5, 5.41) is 0. The van der Waals surface area contributed by atoms with E-state index >= 15 is 0 Å². The van der Waals surface area contributed by atoms with Crippen molar-refractivity contribution in [2.45, 2.75) is 26.8 Å². The molecular weight excluding hydrogens is 212 g/mol. The van der Waals surface area contributed by atoms with Crippen LogP contribution in [0.15, 0.2) is 30.3 Å². The summed E-state index contributed by atoms with van der Waals surface area (Å²) in [6, 6.07) is 10.1. The maximum atomic E-state index is 12.1. The Morgan fingerprint density at radius 1 is 1.35 bits per heavy atom. The van der Waals surface area contributed by atoms with Gasteiger partial charge < -0.3 is 10.6 Å². The van der Waals surface area contributed by atoms with E-state index in [4.69, 9.17) is 5.73 Å². The van der Waals surface area contributed by atoms with Gasteiger partial charge in [0.05, 0.1) is 0 Å². The highest BCUT2D eigenvalue weighted by Crippen LogP contribution is 2.10. The minimum absolute atomic E-state index is 0.0173. The third kappa shape index (κ3) is 4.19. The Labute approximate surface area is 104 Å². The van der Waals surface area contributed by atoms with Crippen LogP contribution < -0.4 is 5.73 Å². The normalized spacial score (nSPS) is 12.2. The number of amides is 1. The molecule has 0 spiro atoms. The molecule has 0 fully saturated rings. The number of carbonyl (C=O) groups excluding carboxylic acids is 1. The van der Waals surface area contributed by atoms with Gasteiger partial charge in [-0.3, -0.25) is 4.79 Å².